The van der Waals surface area contributed by atoms with Gasteiger partial charge in [-0.2, -0.15) is 0 Å². The standard InChI is InChI=1S/2C12H20O4.2Na/c2*1-12(2)8(9(12)7-11(15)16)5-3-4-6-10(13)14;;/h2*8-9H,3-7H2,1-2H3,(H,13,14)(H,15,16);;/q;;2*+1/p-2. The van der Waals surface area contributed by atoms with Crippen LogP contribution in [-0.2, 0) is 19.2 Å². The molecule has 2 rings (SSSR count). The topological polar surface area (TPSA) is 155 Å². The monoisotopic (exact) mass is 500 g/mol. The van der Waals surface area contributed by atoms with Crippen LogP contribution in [-0.4, -0.2) is 34.1 Å². The smallest absolute Gasteiger partial charge is 0.550 e. The Hall–Kier alpha value is -0.120. The summed E-state index contributed by atoms with van der Waals surface area (Å²) in [6, 6.07) is 0. The molecule has 184 valence electrons. The van der Waals surface area contributed by atoms with Gasteiger partial charge < -0.3 is 30.0 Å². The molecule has 0 spiro atoms. The Kier molecular flexibility index (Phi) is 16.8. The van der Waals surface area contributed by atoms with E-state index in [1.165, 1.54) is 0 Å². The van der Waals surface area contributed by atoms with Gasteiger partial charge in [0, 0.05) is 24.8 Å². The van der Waals surface area contributed by atoms with E-state index in [1.54, 1.807) is 0 Å². The number of carboxylic acid groups (broad SMARTS) is 4. The fourth-order valence-corrected chi connectivity index (χ4v) is 5.32. The van der Waals surface area contributed by atoms with Crippen molar-refractivity contribution in [2.24, 2.45) is 34.5 Å². The number of aliphatic carboxylic acids is 4. The molecular weight excluding hydrogens is 462 g/mol. The van der Waals surface area contributed by atoms with Crippen LogP contribution in [0.4, 0.5) is 0 Å². The van der Waals surface area contributed by atoms with E-state index in [0.717, 1.165) is 25.7 Å². The molecule has 0 radical (unpaired) electrons. The molecule has 0 aromatic carbocycles. The van der Waals surface area contributed by atoms with Crippen molar-refractivity contribution in [1.29, 1.82) is 0 Å². The zero-order chi connectivity index (χ0) is 24.7. The molecule has 2 saturated carbocycles. The molecule has 0 aliphatic heterocycles. The van der Waals surface area contributed by atoms with Crippen molar-refractivity contribution in [3.63, 3.8) is 0 Å². The van der Waals surface area contributed by atoms with Crippen LogP contribution < -0.4 is 69.3 Å². The average molecular weight is 501 g/mol. The van der Waals surface area contributed by atoms with Gasteiger partial charge in [0.2, 0.25) is 0 Å². The molecule has 0 saturated heterocycles. The Morgan fingerprint density at radius 1 is 0.618 bits per heavy atom. The quantitative estimate of drug-likeness (QED) is 0.181. The summed E-state index contributed by atoms with van der Waals surface area (Å²) in [5, 5.41) is 37.9. The van der Waals surface area contributed by atoms with E-state index < -0.39 is 23.9 Å². The Balaban J connectivity index is 0. The number of carbonyl (C=O) groups is 4. The predicted octanol–water partition coefficient (Wildman–Crippen LogP) is -3.90. The van der Waals surface area contributed by atoms with Crippen LogP contribution in [0.1, 0.15) is 91.9 Å². The molecule has 0 heterocycles. The third-order valence-electron chi connectivity index (χ3n) is 7.66. The van der Waals surface area contributed by atoms with E-state index in [0.29, 0.717) is 24.7 Å². The number of rotatable bonds is 14. The van der Waals surface area contributed by atoms with Crippen molar-refractivity contribution >= 4 is 23.9 Å². The molecule has 2 aliphatic carbocycles. The van der Waals surface area contributed by atoms with E-state index in [-0.39, 0.29) is 107 Å². The molecular formula is C24H38Na2O8. The van der Waals surface area contributed by atoms with Gasteiger partial charge in [-0.25, -0.2) is 0 Å². The molecule has 0 aromatic rings. The Bertz CT molecular complexity index is 634. The van der Waals surface area contributed by atoms with Crippen LogP contribution in [0.3, 0.4) is 0 Å². The molecule has 2 N–H and O–H groups in total. The van der Waals surface area contributed by atoms with E-state index in [4.69, 9.17) is 10.2 Å². The summed E-state index contributed by atoms with van der Waals surface area (Å²) < 4.78 is 0. The first-order valence-electron chi connectivity index (χ1n) is 11.5. The second-order valence-corrected chi connectivity index (χ2v) is 10.5. The Morgan fingerprint density at radius 3 is 1.15 bits per heavy atom. The zero-order valence-electron chi connectivity index (χ0n) is 21.7. The van der Waals surface area contributed by atoms with Crippen molar-refractivity contribution < 1.29 is 98.7 Å². The van der Waals surface area contributed by atoms with Gasteiger partial charge in [0.25, 0.3) is 0 Å². The van der Waals surface area contributed by atoms with E-state index in [9.17, 15) is 29.4 Å². The number of unbranched alkanes of at least 4 members (excludes halogenated alkanes) is 2. The maximum atomic E-state index is 10.6. The fraction of sp³-hybridized carbons (Fsp3) is 0.833. The van der Waals surface area contributed by atoms with Crippen molar-refractivity contribution in [3.8, 4) is 0 Å². The molecule has 2 aliphatic rings. The molecule has 0 amide bonds. The van der Waals surface area contributed by atoms with Crippen LogP contribution in [0.15, 0.2) is 0 Å². The van der Waals surface area contributed by atoms with E-state index >= 15 is 0 Å². The molecule has 34 heavy (non-hydrogen) atoms. The second-order valence-electron chi connectivity index (χ2n) is 10.5. The van der Waals surface area contributed by atoms with Gasteiger partial charge in [0.1, 0.15) is 0 Å². The van der Waals surface area contributed by atoms with Crippen LogP contribution in [0.5, 0.6) is 0 Å². The molecule has 0 bridgehead atoms. The van der Waals surface area contributed by atoms with Crippen LogP contribution in [0.2, 0.25) is 0 Å². The minimum Gasteiger partial charge on any atom is -0.550 e. The van der Waals surface area contributed by atoms with Gasteiger partial charge in [-0.15, -0.1) is 0 Å². The first-order valence-corrected chi connectivity index (χ1v) is 11.5. The van der Waals surface area contributed by atoms with Gasteiger partial charge in [-0.05, 0) is 73.0 Å². The molecule has 4 unspecified atom stereocenters. The summed E-state index contributed by atoms with van der Waals surface area (Å²) >= 11 is 0. The zero-order valence-corrected chi connectivity index (χ0v) is 25.7. The summed E-state index contributed by atoms with van der Waals surface area (Å²) in [6.07, 6.45) is 5.50. The third-order valence-corrected chi connectivity index (χ3v) is 7.66. The van der Waals surface area contributed by atoms with Crippen LogP contribution in [0, 0.1) is 34.5 Å². The van der Waals surface area contributed by atoms with Crippen molar-refractivity contribution in [2.75, 3.05) is 0 Å². The Morgan fingerprint density at radius 2 is 0.912 bits per heavy atom. The predicted molar refractivity (Wildman–Crippen MR) is 113 cm³/mol. The number of hydrogen-bond acceptors (Lipinski definition) is 6. The number of carboxylic acids is 4. The van der Waals surface area contributed by atoms with Gasteiger partial charge in [-0.3, -0.25) is 9.59 Å². The summed E-state index contributed by atoms with van der Waals surface area (Å²) in [5.41, 5.74) is 0.222. The van der Waals surface area contributed by atoms with Gasteiger partial charge in [0.05, 0.1) is 0 Å². The van der Waals surface area contributed by atoms with E-state index in [2.05, 4.69) is 27.7 Å². The van der Waals surface area contributed by atoms with Crippen molar-refractivity contribution in [1.82, 2.24) is 0 Å². The number of hydrogen-bond donors (Lipinski definition) is 2. The fourth-order valence-electron chi connectivity index (χ4n) is 5.32. The van der Waals surface area contributed by atoms with Gasteiger partial charge in [0.15, 0.2) is 0 Å². The summed E-state index contributed by atoms with van der Waals surface area (Å²) in [7, 11) is 0. The van der Waals surface area contributed by atoms with Crippen molar-refractivity contribution in [3.05, 3.63) is 0 Å². The summed E-state index contributed by atoms with van der Waals surface area (Å²) in [4.78, 5) is 41.6. The van der Waals surface area contributed by atoms with Gasteiger partial charge in [-0.1, -0.05) is 40.5 Å². The summed E-state index contributed by atoms with van der Waals surface area (Å²) in [5.74, 6) is -2.10. The van der Waals surface area contributed by atoms with Gasteiger partial charge >= 0.3 is 71.1 Å². The maximum absolute atomic E-state index is 10.6. The first-order chi connectivity index (χ1) is 14.7. The molecule has 4 atom stereocenters. The van der Waals surface area contributed by atoms with Crippen LogP contribution in [0.25, 0.3) is 0 Å². The number of carbonyl (C=O) groups excluding carboxylic acids is 2. The first kappa shape index (κ1) is 36.0. The van der Waals surface area contributed by atoms with Crippen molar-refractivity contribution in [2.45, 2.75) is 91.9 Å². The SMILES string of the molecule is CC1(C)C(CCCCC(=O)[O-])C1CC(=O)O.CC1(C)C(CCCCC(=O)[O-])C1CC(=O)O.[Na+].[Na+]. The maximum Gasteiger partial charge on any atom is 1.00 e. The molecule has 8 nitrogen and oxygen atoms in total. The minimum atomic E-state index is -1.00. The summed E-state index contributed by atoms with van der Waals surface area (Å²) in [6.45, 7) is 8.35. The van der Waals surface area contributed by atoms with E-state index in [1.807, 2.05) is 0 Å². The van der Waals surface area contributed by atoms with Crippen LogP contribution >= 0.6 is 0 Å². The average Bonchev–Trinajstić information content (AvgIpc) is 3.36. The normalized spacial score (nSPS) is 24.8. The third kappa shape index (κ3) is 12.2. The molecule has 2 fully saturated rings. The second kappa shape index (κ2) is 15.9. The molecule has 0 aromatic heterocycles. The largest absolute Gasteiger partial charge is 1.00 e. The Labute approximate surface area is 247 Å². The molecule has 10 heteroatoms. The minimum absolute atomic E-state index is 0.